The Kier molecular flexibility index (Phi) is 32.2. The van der Waals surface area contributed by atoms with Crippen LogP contribution in [0.4, 0.5) is 63.6 Å². The van der Waals surface area contributed by atoms with E-state index in [0.717, 1.165) is 22.3 Å². The van der Waals surface area contributed by atoms with Crippen LogP contribution in [0.15, 0.2) is 147 Å². The molecule has 4 saturated heterocycles. The summed E-state index contributed by atoms with van der Waals surface area (Å²) < 4.78 is 102. The van der Waals surface area contributed by atoms with E-state index in [1.165, 1.54) is 56.7 Å². The van der Waals surface area contributed by atoms with Crippen LogP contribution in [0.3, 0.4) is 0 Å². The van der Waals surface area contributed by atoms with E-state index in [1.807, 2.05) is 53.1 Å². The molecule has 32 nitrogen and oxygen atoms in total. The van der Waals surface area contributed by atoms with Crippen molar-refractivity contribution in [2.45, 2.75) is 99.7 Å². The van der Waals surface area contributed by atoms with E-state index in [0.29, 0.717) is 214 Å². The molecule has 4 aliphatic rings. The van der Waals surface area contributed by atoms with Crippen LogP contribution in [0.5, 0.6) is 23.0 Å². The lowest BCUT2D eigenvalue weighted by molar-refractivity contribution is -0.158. The number of fused-ring (bicyclic) bond motifs is 4. The number of carboxylic acids is 2. The van der Waals surface area contributed by atoms with Gasteiger partial charge in [0.25, 0.3) is 0 Å². The second kappa shape index (κ2) is 43.5. The van der Waals surface area contributed by atoms with Crippen molar-refractivity contribution in [1.29, 1.82) is 0 Å². The fourth-order valence-electron chi connectivity index (χ4n) is 16.5. The van der Waals surface area contributed by atoms with Gasteiger partial charge in [0.05, 0.1) is 93.3 Å². The van der Waals surface area contributed by atoms with Gasteiger partial charge in [0.15, 0.2) is 23.3 Å². The number of aliphatic carboxylic acids is 2. The molecule has 4 aromatic heterocycles. The molecule has 8 aromatic carbocycles. The number of ether oxygens (including phenoxy) is 8. The minimum atomic E-state index is -1.07. The van der Waals surface area contributed by atoms with Crippen LogP contribution in [0.25, 0.3) is 43.6 Å². The highest BCUT2D eigenvalue weighted by molar-refractivity contribution is 6.32. The molecular formula is C92H98Cl4F4N18O14. The Morgan fingerprint density at radius 2 is 0.674 bits per heavy atom. The second-order valence-corrected chi connectivity index (χ2v) is 33.3. The summed E-state index contributed by atoms with van der Waals surface area (Å²) in [5, 5.41) is 40.4. The first kappa shape index (κ1) is 97.5. The first-order valence-corrected chi connectivity index (χ1v) is 43.3. The third-order valence-electron chi connectivity index (χ3n) is 24.2. The Morgan fingerprint density at radius 3 is 0.962 bits per heavy atom. The summed E-state index contributed by atoms with van der Waals surface area (Å²) in [5.41, 5.74) is 8.55. The quantitative estimate of drug-likeness (QED) is 0.0206. The first-order valence-electron chi connectivity index (χ1n) is 41.8. The topological polar surface area (TPSA) is 394 Å². The summed E-state index contributed by atoms with van der Waals surface area (Å²) in [4.78, 5) is 89.7. The maximum atomic E-state index is 14.5. The van der Waals surface area contributed by atoms with Gasteiger partial charge in [0.2, 0.25) is 11.8 Å². The zero-order valence-corrected chi connectivity index (χ0v) is 76.3. The molecule has 10 N–H and O–H groups in total. The fraction of sp³-hybridized carbons (Fsp3) is 0.348. The summed E-state index contributed by atoms with van der Waals surface area (Å²) in [6, 6.07) is 33.3. The minimum Gasteiger partial charge on any atom is -0.496 e. The number of methoxy groups -OCH3 is 4. The van der Waals surface area contributed by atoms with E-state index in [1.54, 1.807) is 108 Å². The number of primary amides is 1. The Balaban J connectivity index is 0.000000150. The van der Waals surface area contributed by atoms with Gasteiger partial charge in [0.1, 0.15) is 93.7 Å². The molecule has 16 rings (SSSR count). The Morgan fingerprint density at radius 1 is 0.402 bits per heavy atom. The number of benzene rings is 8. The van der Waals surface area contributed by atoms with E-state index in [9.17, 15) is 47.0 Å². The SMILES string of the molecule is CNC(=O)C1(N(C)Cc2cc3c(Nc4cccc(Cl)c4F)ncnc3cc2OC)CCOCC1.COc1cc2ncnc(Nc3cccc(Cl)c3F)c2cc1CN(C)C1(C(=O)O)CCOCC1.COc1cc2ncnc(Nc3cccc(Cl)c3F)c2cc1CN(C)C1(C(N)=O)CCOCC1.COc1cc2ncnc(Nc3cccc(Cl)c3F)c2cc1CNC1(C(=O)O)CCOCC1. The average Bonchev–Trinajstić information content (AvgIpc) is 0.784. The summed E-state index contributed by atoms with van der Waals surface area (Å²) in [6.45, 7) is 4.87. The maximum Gasteiger partial charge on any atom is 0.324 e. The van der Waals surface area contributed by atoms with Gasteiger partial charge < -0.3 is 80.4 Å². The highest BCUT2D eigenvalue weighted by Crippen LogP contribution is 2.42. The molecule has 4 aliphatic heterocycles. The molecule has 0 radical (unpaired) electrons. The van der Waals surface area contributed by atoms with Crippen LogP contribution < -0.4 is 56.6 Å². The molecule has 12 aromatic rings. The van der Waals surface area contributed by atoms with Crippen LogP contribution in [0.2, 0.25) is 20.1 Å². The standard InChI is InChI=1S/C24H27ClFN5O3.C23H25ClFN5O3.C23H24ClFN4O4.C22H22ClFN4O4/c1-27-23(32)24(7-9-34-10-8-24)31(2)13-15-11-16-19(12-20(15)33-3)28-14-29-22(16)30-18-6-4-5-17(25)21(18)26;1-30(23(22(26)31)6-8-33-9-7-23)12-14-10-15-18(11-19(14)32-2)27-13-28-21(15)29-17-5-3-4-16(24)20(17)25;1-29(23(22(30)31)6-8-33-9-7-23)12-14-10-15-18(11-19(14)32-2)26-13-27-21(15)28-17-5-3-4-16(24)20(17)25;1-31-18-10-17-14(9-13(18)11-27-22(21(29)30)5-7-32-8-6-22)20(26-12-25-17)28-16-4-2-3-15(23)19(16)24/h4-6,11-12,14H,7-10,13H2,1-3H3,(H,27,32)(H,28,29,30);3-5,10-11,13H,6-9,12H2,1-2H3,(H2,26,31)(H,27,28,29);3-5,10-11,13H,6-9,12H2,1-2H3,(H,30,31)(H,26,27,28);2-4,9-10,12,27H,5-8,11H2,1H3,(H,29,30)(H,25,26,28). The van der Waals surface area contributed by atoms with Crippen LogP contribution in [-0.4, -0.2) is 220 Å². The fourth-order valence-corrected chi connectivity index (χ4v) is 17.2. The summed E-state index contributed by atoms with van der Waals surface area (Å²) >= 11 is 23.6. The largest absolute Gasteiger partial charge is 0.496 e. The van der Waals surface area contributed by atoms with Crippen LogP contribution in [0.1, 0.15) is 73.6 Å². The lowest BCUT2D eigenvalue weighted by atomic mass is 9.86. The maximum absolute atomic E-state index is 14.5. The second-order valence-electron chi connectivity index (χ2n) is 31.6. The highest BCUT2D eigenvalue weighted by Gasteiger charge is 2.47. The van der Waals surface area contributed by atoms with Gasteiger partial charge in [-0.25, -0.2) is 57.4 Å². The lowest BCUT2D eigenvalue weighted by Gasteiger charge is -2.42. The predicted octanol–water partition coefficient (Wildman–Crippen LogP) is 15.7. The zero-order valence-electron chi connectivity index (χ0n) is 73.3. The summed E-state index contributed by atoms with van der Waals surface area (Å²) in [5.74, 6) is -0.499. The molecule has 132 heavy (non-hydrogen) atoms. The molecule has 8 heterocycles. The molecule has 0 saturated carbocycles. The molecule has 2 amide bonds. The van der Waals surface area contributed by atoms with E-state index in [-0.39, 0.29) is 61.2 Å². The van der Waals surface area contributed by atoms with E-state index >= 15 is 0 Å². The van der Waals surface area contributed by atoms with Gasteiger partial charge >= 0.3 is 11.9 Å². The number of likely N-dealkylation sites (N-methyl/N-ethyl adjacent to an activating group) is 4. The number of carboxylic acid groups (broad SMARTS) is 2. The van der Waals surface area contributed by atoms with Crippen LogP contribution in [-0.2, 0) is 64.3 Å². The smallest absolute Gasteiger partial charge is 0.324 e. The van der Waals surface area contributed by atoms with Crippen LogP contribution >= 0.6 is 46.4 Å². The third kappa shape index (κ3) is 21.5. The average molecular weight is 1900 g/mol. The van der Waals surface area contributed by atoms with Gasteiger partial charge in [-0.05, 0) is 145 Å². The summed E-state index contributed by atoms with van der Waals surface area (Å²) in [7, 11) is 13.5. The van der Waals surface area contributed by atoms with E-state index in [2.05, 4.69) is 71.8 Å². The molecule has 0 unspecified atom stereocenters. The van der Waals surface area contributed by atoms with Crippen LogP contribution in [0, 0.1) is 23.3 Å². The lowest BCUT2D eigenvalue weighted by Crippen LogP contribution is -2.59. The third-order valence-corrected chi connectivity index (χ3v) is 25.4. The molecule has 0 spiro atoms. The number of rotatable bonds is 28. The van der Waals surface area contributed by atoms with Crippen molar-refractivity contribution in [1.82, 2.24) is 65.2 Å². The van der Waals surface area contributed by atoms with E-state index < -0.39 is 57.4 Å². The van der Waals surface area contributed by atoms with Crippen molar-refractivity contribution >= 4 is 160 Å². The molecule has 696 valence electrons. The number of halogens is 8. The number of nitrogens with one attached hydrogen (secondary N) is 6. The zero-order chi connectivity index (χ0) is 94.2. The monoisotopic (exact) mass is 1890 g/mol. The number of nitrogens with two attached hydrogens (primary N) is 1. The van der Waals surface area contributed by atoms with Crippen molar-refractivity contribution in [2.24, 2.45) is 5.73 Å². The Labute approximate surface area is 776 Å². The van der Waals surface area contributed by atoms with Crippen molar-refractivity contribution < 1.29 is 84.8 Å². The molecule has 0 atom stereocenters. The minimum absolute atomic E-state index is 0.00206. The number of nitrogens with zero attached hydrogens (tertiary/aromatic N) is 11. The number of hydrogen-bond donors (Lipinski definition) is 9. The van der Waals surface area contributed by atoms with Gasteiger partial charge in [0, 0.05) is 154 Å². The number of carbonyl (C=O) groups is 4. The number of amides is 2. The molecule has 40 heteroatoms. The van der Waals surface area contributed by atoms with Crippen molar-refractivity contribution in [3.63, 3.8) is 0 Å². The van der Waals surface area contributed by atoms with Gasteiger partial charge in [-0.1, -0.05) is 70.7 Å². The number of aromatic nitrogens is 8. The van der Waals surface area contributed by atoms with Crippen molar-refractivity contribution in [3.8, 4) is 23.0 Å². The van der Waals surface area contributed by atoms with Gasteiger partial charge in [-0.2, -0.15) is 0 Å². The van der Waals surface area contributed by atoms with Gasteiger partial charge in [-0.15, -0.1) is 0 Å². The van der Waals surface area contributed by atoms with Crippen molar-refractivity contribution in [2.75, 3.05) is 131 Å². The van der Waals surface area contributed by atoms with E-state index in [4.69, 9.17) is 90.0 Å². The number of anilines is 8. The Hall–Kier alpha value is -12.0. The number of hydrogen-bond acceptors (Lipinski definition) is 28. The molecule has 4 fully saturated rings. The highest BCUT2D eigenvalue weighted by atomic mass is 35.5. The normalized spacial score (nSPS) is 15.5. The molecule has 0 bridgehead atoms. The van der Waals surface area contributed by atoms with Gasteiger partial charge in [-0.3, -0.25) is 39.2 Å². The summed E-state index contributed by atoms with van der Waals surface area (Å²) in [6.07, 6.45) is 9.24. The molecule has 0 aliphatic carbocycles. The number of carbonyl (C=O) groups excluding carboxylic acids is 2. The predicted molar refractivity (Wildman–Crippen MR) is 494 cm³/mol. The first-order chi connectivity index (χ1) is 63.5. The molecular weight excluding hydrogens is 1800 g/mol. The van der Waals surface area contributed by atoms with Crippen molar-refractivity contribution in [3.05, 3.63) is 212 Å². The Bertz CT molecular complexity index is 6020.